The number of hydrogen-bond donors (Lipinski definition) is 1. The fourth-order valence-electron chi connectivity index (χ4n) is 4.53. The molecule has 3 aromatic carbocycles. The molecule has 1 aliphatic rings. The maximum Gasteiger partial charge on any atom is 0.252 e. The molecule has 0 saturated heterocycles. The summed E-state index contributed by atoms with van der Waals surface area (Å²) in [5.74, 6) is 1.58. The van der Waals surface area contributed by atoms with Crippen molar-refractivity contribution in [2.24, 2.45) is 0 Å². The highest BCUT2D eigenvalue weighted by Gasteiger charge is 2.27. The Kier molecular flexibility index (Phi) is 7.40. The van der Waals surface area contributed by atoms with Crippen LogP contribution in [0.5, 0.6) is 17.2 Å². The molecule has 38 heavy (non-hydrogen) atoms. The van der Waals surface area contributed by atoms with Crippen LogP contribution in [0.3, 0.4) is 0 Å². The zero-order valence-electron chi connectivity index (χ0n) is 21.4. The fraction of sp³-hybridized carbons (Fsp3) is 0.276. The standard InChI is InChI=1S/C29H30N2O6S/c1-3-35-24-7-9-26-22(17-24)16-23(29(32)30-26)19-31(12-11-21-6-4-5-20(2)15-21)38(33,34)25-8-10-27-28(18-25)37-14-13-36-27/h4-10,15-18H,3,11-14,19H2,1-2H3,(H,30,32). The maximum atomic E-state index is 13.9. The summed E-state index contributed by atoms with van der Waals surface area (Å²) >= 11 is 0. The second-order valence-corrected chi connectivity index (χ2v) is 11.1. The van der Waals surface area contributed by atoms with E-state index >= 15 is 0 Å². The second-order valence-electron chi connectivity index (χ2n) is 9.19. The summed E-state index contributed by atoms with van der Waals surface area (Å²) in [5.41, 5.74) is 2.78. The number of benzene rings is 3. The number of rotatable bonds is 9. The van der Waals surface area contributed by atoms with E-state index in [9.17, 15) is 13.2 Å². The molecule has 1 aliphatic heterocycles. The Morgan fingerprint density at radius 3 is 2.58 bits per heavy atom. The Balaban J connectivity index is 1.51. The zero-order chi connectivity index (χ0) is 26.7. The molecule has 0 atom stereocenters. The van der Waals surface area contributed by atoms with Gasteiger partial charge in [-0.3, -0.25) is 4.79 Å². The lowest BCUT2D eigenvalue weighted by Gasteiger charge is -2.24. The van der Waals surface area contributed by atoms with E-state index in [1.54, 1.807) is 24.3 Å². The number of aromatic nitrogens is 1. The third kappa shape index (κ3) is 5.54. The molecule has 4 aromatic rings. The Morgan fingerprint density at radius 1 is 0.974 bits per heavy atom. The number of fused-ring (bicyclic) bond motifs is 2. The molecule has 0 aliphatic carbocycles. The average molecular weight is 535 g/mol. The summed E-state index contributed by atoms with van der Waals surface area (Å²) in [5, 5.41) is 0.765. The van der Waals surface area contributed by atoms with Gasteiger partial charge in [-0.05, 0) is 62.2 Å². The van der Waals surface area contributed by atoms with E-state index in [-0.39, 0.29) is 23.5 Å². The molecule has 0 radical (unpaired) electrons. The summed E-state index contributed by atoms with van der Waals surface area (Å²) in [7, 11) is -3.98. The van der Waals surface area contributed by atoms with E-state index in [2.05, 4.69) is 4.98 Å². The summed E-state index contributed by atoms with van der Waals surface area (Å²) in [6.07, 6.45) is 0.492. The van der Waals surface area contributed by atoms with E-state index in [4.69, 9.17) is 14.2 Å². The number of nitrogens with zero attached hydrogens (tertiary/aromatic N) is 1. The Bertz CT molecular complexity index is 1630. The number of hydrogen-bond acceptors (Lipinski definition) is 6. The third-order valence-corrected chi connectivity index (χ3v) is 8.28. The minimum Gasteiger partial charge on any atom is -0.494 e. The highest BCUT2D eigenvalue weighted by Crippen LogP contribution is 2.33. The third-order valence-electron chi connectivity index (χ3n) is 6.43. The second kappa shape index (κ2) is 10.9. The highest BCUT2D eigenvalue weighted by atomic mass is 32.2. The van der Waals surface area contributed by atoms with Gasteiger partial charge in [-0.1, -0.05) is 29.8 Å². The lowest BCUT2D eigenvalue weighted by atomic mass is 10.1. The summed E-state index contributed by atoms with van der Waals surface area (Å²) in [4.78, 5) is 16.0. The van der Waals surface area contributed by atoms with Crippen LogP contribution in [0.15, 0.2) is 76.4 Å². The van der Waals surface area contributed by atoms with Crippen LogP contribution in [0, 0.1) is 6.92 Å². The molecular formula is C29H30N2O6S. The first-order valence-electron chi connectivity index (χ1n) is 12.6. The molecule has 0 unspecified atom stereocenters. The number of sulfonamides is 1. The van der Waals surface area contributed by atoms with Crippen LogP contribution >= 0.6 is 0 Å². The van der Waals surface area contributed by atoms with E-state index in [1.807, 2.05) is 44.2 Å². The van der Waals surface area contributed by atoms with E-state index in [0.29, 0.717) is 54.6 Å². The van der Waals surface area contributed by atoms with Gasteiger partial charge in [0.2, 0.25) is 10.0 Å². The van der Waals surface area contributed by atoms with Crippen LogP contribution in [0.4, 0.5) is 0 Å². The van der Waals surface area contributed by atoms with Gasteiger partial charge in [0.1, 0.15) is 19.0 Å². The quantitative estimate of drug-likeness (QED) is 0.341. The molecule has 2 heterocycles. The van der Waals surface area contributed by atoms with Crippen molar-refractivity contribution in [2.45, 2.75) is 31.7 Å². The molecule has 0 amide bonds. The lowest BCUT2D eigenvalue weighted by molar-refractivity contribution is 0.171. The van der Waals surface area contributed by atoms with E-state index in [0.717, 1.165) is 16.5 Å². The first-order valence-corrected chi connectivity index (χ1v) is 14.0. The van der Waals surface area contributed by atoms with Crippen molar-refractivity contribution in [2.75, 3.05) is 26.4 Å². The Labute approximate surface area is 221 Å². The summed E-state index contributed by atoms with van der Waals surface area (Å²) in [6, 6.07) is 19.7. The average Bonchev–Trinajstić information content (AvgIpc) is 2.91. The highest BCUT2D eigenvalue weighted by molar-refractivity contribution is 7.89. The molecule has 0 spiro atoms. The first-order chi connectivity index (χ1) is 18.3. The predicted octanol–water partition coefficient (Wildman–Crippen LogP) is 4.44. The molecule has 1 aromatic heterocycles. The zero-order valence-corrected chi connectivity index (χ0v) is 22.2. The number of nitrogens with one attached hydrogen (secondary N) is 1. The van der Waals surface area contributed by atoms with Crippen LogP contribution in [-0.2, 0) is 23.0 Å². The molecule has 9 heteroatoms. The van der Waals surface area contributed by atoms with Gasteiger partial charge in [0.15, 0.2) is 11.5 Å². The van der Waals surface area contributed by atoms with Crippen LogP contribution in [0.1, 0.15) is 23.6 Å². The number of aromatic amines is 1. The van der Waals surface area contributed by atoms with E-state index in [1.165, 1.54) is 16.4 Å². The van der Waals surface area contributed by atoms with Crippen LogP contribution in [-0.4, -0.2) is 44.1 Å². The van der Waals surface area contributed by atoms with Crippen molar-refractivity contribution in [3.63, 3.8) is 0 Å². The first kappa shape index (κ1) is 25.8. The predicted molar refractivity (Wildman–Crippen MR) is 146 cm³/mol. The van der Waals surface area contributed by atoms with Crippen molar-refractivity contribution in [3.05, 3.63) is 93.8 Å². The van der Waals surface area contributed by atoms with Gasteiger partial charge in [-0.2, -0.15) is 4.31 Å². The number of pyridine rings is 1. The normalized spacial score (nSPS) is 13.1. The van der Waals surface area contributed by atoms with Crippen molar-refractivity contribution in [1.82, 2.24) is 9.29 Å². The molecule has 0 saturated carbocycles. The molecule has 198 valence electrons. The van der Waals surface area contributed by atoms with Crippen molar-refractivity contribution >= 4 is 20.9 Å². The van der Waals surface area contributed by atoms with Gasteiger partial charge in [0.05, 0.1) is 11.5 Å². The smallest absolute Gasteiger partial charge is 0.252 e. The maximum absolute atomic E-state index is 13.9. The minimum atomic E-state index is -3.98. The number of aryl methyl sites for hydroxylation is 1. The van der Waals surface area contributed by atoms with Crippen LogP contribution < -0.4 is 19.8 Å². The Morgan fingerprint density at radius 2 is 1.79 bits per heavy atom. The molecule has 5 rings (SSSR count). The van der Waals surface area contributed by atoms with Crippen LogP contribution in [0.2, 0.25) is 0 Å². The van der Waals surface area contributed by atoms with Crippen LogP contribution in [0.25, 0.3) is 10.9 Å². The van der Waals surface area contributed by atoms with Gasteiger partial charge in [0.25, 0.3) is 5.56 Å². The molecule has 0 fully saturated rings. The Hall–Kier alpha value is -3.82. The number of ether oxygens (including phenoxy) is 3. The summed E-state index contributed by atoms with van der Waals surface area (Å²) in [6.45, 7) is 5.28. The van der Waals surface area contributed by atoms with E-state index < -0.39 is 10.0 Å². The summed E-state index contributed by atoms with van der Waals surface area (Å²) < 4.78 is 46.0. The molecule has 8 nitrogen and oxygen atoms in total. The van der Waals surface area contributed by atoms with Gasteiger partial charge < -0.3 is 19.2 Å². The molecular weight excluding hydrogens is 504 g/mol. The SMILES string of the molecule is CCOc1ccc2[nH]c(=O)c(CN(CCc3cccc(C)c3)S(=O)(=O)c3ccc4c(c3)OCCO4)cc2c1. The fourth-order valence-corrected chi connectivity index (χ4v) is 5.97. The largest absolute Gasteiger partial charge is 0.494 e. The molecule has 1 N–H and O–H groups in total. The van der Waals surface area contributed by atoms with Crippen molar-refractivity contribution < 1.29 is 22.6 Å². The molecule has 0 bridgehead atoms. The topological polar surface area (TPSA) is 97.9 Å². The van der Waals surface area contributed by atoms with Gasteiger partial charge in [0, 0.05) is 35.6 Å². The van der Waals surface area contributed by atoms with Crippen molar-refractivity contribution in [3.8, 4) is 17.2 Å². The van der Waals surface area contributed by atoms with Crippen molar-refractivity contribution in [1.29, 1.82) is 0 Å². The lowest BCUT2D eigenvalue weighted by Crippen LogP contribution is -2.34. The van der Waals surface area contributed by atoms with Gasteiger partial charge >= 0.3 is 0 Å². The minimum absolute atomic E-state index is 0.0850. The van der Waals surface area contributed by atoms with Gasteiger partial charge in [-0.15, -0.1) is 0 Å². The van der Waals surface area contributed by atoms with Gasteiger partial charge in [-0.25, -0.2) is 8.42 Å². The number of H-pyrrole nitrogens is 1. The monoisotopic (exact) mass is 534 g/mol.